The average molecular weight is 333 g/mol. The van der Waals surface area contributed by atoms with Gasteiger partial charge in [0, 0.05) is 12.1 Å². The SMILES string of the molecule is C=CC1CC(C(=O)OC)(C(=O)OC)C(=S)N1c1ccc(C)cc1. The maximum atomic E-state index is 12.4. The maximum Gasteiger partial charge on any atom is 0.330 e. The van der Waals surface area contributed by atoms with Crippen molar-refractivity contribution in [2.75, 3.05) is 19.1 Å². The van der Waals surface area contributed by atoms with Gasteiger partial charge in [-0.1, -0.05) is 36.0 Å². The molecule has 0 N–H and O–H groups in total. The van der Waals surface area contributed by atoms with E-state index in [1.807, 2.05) is 31.2 Å². The lowest BCUT2D eigenvalue weighted by Gasteiger charge is -2.27. The molecule has 6 heteroatoms. The minimum atomic E-state index is -1.62. The molecular weight excluding hydrogens is 314 g/mol. The zero-order valence-corrected chi connectivity index (χ0v) is 14.2. The molecule has 23 heavy (non-hydrogen) atoms. The number of hydrogen-bond acceptors (Lipinski definition) is 5. The van der Waals surface area contributed by atoms with Crippen molar-refractivity contribution < 1.29 is 19.1 Å². The molecule has 1 atom stereocenters. The number of nitrogens with zero attached hydrogens (tertiary/aromatic N) is 1. The van der Waals surface area contributed by atoms with Gasteiger partial charge in [0.2, 0.25) is 5.41 Å². The van der Waals surface area contributed by atoms with E-state index in [-0.39, 0.29) is 17.5 Å². The molecule has 0 aromatic heterocycles. The van der Waals surface area contributed by atoms with Crippen molar-refractivity contribution in [3.8, 4) is 0 Å². The van der Waals surface area contributed by atoms with Crippen LogP contribution in [0.4, 0.5) is 5.69 Å². The zero-order chi connectivity index (χ0) is 17.2. The molecule has 1 fully saturated rings. The Morgan fingerprint density at radius 2 is 1.78 bits per heavy atom. The Labute approximate surface area is 140 Å². The molecule has 0 amide bonds. The van der Waals surface area contributed by atoms with Crippen LogP contribution >= 0.6 is 12.2 Å². The maximum absolute atomic E-state index is 12.4. The first-order valence-corrected chi connectivity index (χ1v) is 7.53. The molecule has 0 saturated carbocycles. The number of methoxy groups -OCH3 is 2. The molecule has 1 aliphatic heterocycles. The van der Waals surface area contributed by atoms with Gasteiger partial charge in [0.1, 0.15) is 4.99 Å². The van der Waals surface area contributed by atoms with Crippen LogP contribution in [0.25, 0.3) is 0 Å². The van der Waals surface area contributed by atoms with Crippen molar-refractivity contribution in [2.24, 2.45) is 5.41 Å². The predicted molar refractivity (Wildman–Crippen MR) is 91.3 cm³/mol. The number of hydrogen-bond donors (Lipinski definition) is 0. The van der Waals surface area contributed by atoms with E-state index in [0.29, 0.717) is 0 Å². The van der Waals surface area contributed by atoms with Crippen molar-refractivity contribution >= 4 is 34.8 Å². The Balaban J connectivity index is 2.55. The van der Waals surface area contributed by atoms with Crippen LogP contribution in [0, 0.1) is 12.3 Å². The van der Waals surface area contributed by atoms with Crippen molar-refractivity contribution in [2.45, 2.75) is 19.4 Å². The Kier molecular flexibility index (Phi) is 4.85. The molecule has 1 unspecified atom stereocenters. The highest BCUT2D eigenvalue weighted by Crippen LogP contribution is 2.42. The third-order valence-electron chi connectivity index (χ3n) is 4.08. The Morgan fingerprint density at radius 1 is 1.26 bits per heavy atom. The molecular formula is C17H19NO4S. The van der Waals surface area contributed by atoms with Crippen molar-refractivity contribution in [1.82, 2.24) is 0 Å². The predicted octanol–water partition coefficient (Wildman–Crippen LogP) is 2.42. The number of rotatable bonds is 4. The topological polar surface area (TPSA) is 55.8 Å². The molecule has 1 aromatic rings. The lowest BCUT2D eigenvalue weighted by molar-refractivity contribution is -0.163. The summed E-state index contributed by atoms with van der Waals surface area (Å²) in [5.41, 5.74) is 0.268. The van der Waals surface area contributed by atoms with E-state index in [9.17, 15) is 9.59 Å². The first-order chi connectivity index (χ1) is 10.9. The van der Waals surface area contributed by atoms with Gasteiger partial charge in [0.25, 0.3) is 0 Å². The summed E-state index contributed by atoms with van der Waals surface area (Å²) in [6.45, 7) is 5.78. The minimum Gasteiger partial charge on any atom is -0.468 e. The molecule has 0 bridgehead atoms. The van der Waals surface area contributed by atoms with Crippen LogP contribution in [-0.2, 0) is 19.1 Å². The second-order valence-corrected chi connectivity index (χ2v) is 5.79. The van der Waals surface area contributed by atoms with Crippen LogP contribution in [0.1, 0.15) is 12.0 Å². The van der Waals surface area contributed by atoms with E-state index in [0.717, 1.165) is 11.3 Å². The smallest absolute Gasteiger partial charge is 0.330 e. The van der Waals surface area contributed by atoms with Gasteiger partial charge in [0.15, 0.2) is 0 Å². The van der Waals surface area contributed by atoms with Crippen molar-refractivity contribution in [1.29, 1.82) is 0 Å². The number of anilines is 1. The first kappa shape index (κ1) is 17.1. The van der Waals surface area contributed by atoms with E-state index >= 15 is 0 Å². The largest absolute Gasteiger partial charge is 0.468 e. The number of carbonyl (C=O) groups excluding carboxylic acids is 2. The summed E-state index contributed by atoms with van der Waals surface area (Å²) in [6.07, 6.45) is 1.81. The highest BCUT2D eigenvalue weighted by molar-refractivity contribution is 7.81. The summed E-state index contributed by atoms with van der Waals surface area (Å²) < 4.78 is 9.68. The minimum absolute atomic E-state index is 0.141. The van der Waals surface area contributed by atoms with Crippen molar-refractivity contribution in [3.05, 3.63) is 42.5 Å². The van der Waals surface area contributed by atoms with Gasteiger partial charge in [-0.3, -0.25) is 9.59 Å². The average Bonchev–Trinajstić information content (AvgIpc) is 2.88. The van der Waals surface area contributed by atoms with E-state index in [2.05, 4.69) is 6.58 Å². The lowest BCUT2D eigenvalue weighted by atomic mass is 9.85. The summed E-state index contributed by atoms with van der Waals surface area (Å²) >= 11 is 5.49. The van der Waals surface area contributed by atoms with Crippen LogP contribution in [0.3, 0.4) is 0 Å². The van der Waals surface area contributed by atoms with Gasteiger partial charge in [-0.15, -0.1) is 6.58 Å². The fourth-order valence-electron chi connectivity index (χ4n) is 2.82. The molecule has 0 radical (unpaired) electrons. The third kappa shape index (κ3) is 2.63. The molecule has 1 aliphatic rings. The van der Waals surface area contributed by atoms with Gasteiger partial charge >= 0.3 is 11.9 Å². The summed E-state index contributed by atoms with van der Waals surface area (Å²) in [4.78, 5) is 26.7. The van der Waals surface area contributed by atoms with Gasteiger partial charge in [0.05, 0.1) is 20.3 Å². The Hall–Kier alpha value is -2.21. The highest BCUT2D eigenvalue weighted by atomic mass is 32.1. The fraction of sp³-hybridized carbons (Fsp3) is 0.353. The summed E-state index contributed by atoms with van der Waals surface area (Å²) in [5.74, 6) is -1.42. The van der Waals surface area contributed by atoms with Gasteiger partial charge in [-0.05, 0) is 19.1 Å². The number of carbonyl (C=O) groups is 2. The molecule has 122 valence electrons. The molecule has 1 aromatic carbocycles. The standard InChI is InChI=1S/C17H19NO4S/c1-5-12-10-17(15(19)21-3,16(20)22-4)14(23)18(12)13-8-6-11(2)7-9-13/h5-9,12H,1,10H2,2-4H3. The van der Waals surface area contributed by atoms with Gasteiger partial charge < -0.3 is 14.4 Å². The van der Waals surface area contributed by atoms with E-state index in [4.69, 9.17) is 21.7 Å². The second kappa shape index (κ2) is 6.50. The lowest BCUT2D eigenvalue weighted by Crippen LogP contribution is -2.47. The number of thiocarbonyl (C=S) groups is 1. The molecule has 0 spiro atoms. The second-order valence-electron chi connectivity index (χ2n) is 5.41. The first-order valence-electron chi connectivity index (χ1n) is 7.12. The summed E-state index contributed by atoms with van der Waals surface area (Å²) in [6, 6.07) is 7.36. The Morgan fingerprint density at radius 3 is 2.22 bits per heavy atom. The number of aryl methyl sites for hydroxylation is 1. The zero-order valence-electron chi connectivity index (χ0n) is 13.4. The fourth-order valence-corrected chi connectivity index (χ4v) is 3.32. The quantitative estimate of drug-likeness (QED) is 0.365. The summed E-state index contributed by atoms with van der Waals surface area (Å²) in [7, 11) is 2.46. The normalized spacial score (nSPS) is 19.3. The molecule has 1 saturated heterocycles. The van der Waals surface area contributed by atoms with Crippen LogP contribution in [0.15, 0.2) is 36.9 Å². The van der Waals surface area contributed by atoms with Gasteiger partial charge in [-0.2, -0.15) is 0 Å². The van der Waals surface area contributed by atoms with Crippen LogP contribution in [0.5, 0.6) is 0 Å². The number of benzene rings is 1. The van der Waals surface area contributed by atoms with E-state index < -0.39 is 17.4 Å². The van der Waals surface area contributed by atoms with Crippen molar-refractivity contribution in [3.63, 3.8) is 0 Å². The molecule has 0 aliphatic carbocycles. The van der Waals surface area contributed by atoms with Crippen LogP contribution in [0.2, 0.25) is 0 Å². The number of ether oxygens (including phenoxy) is 2. The number of esters is 2. The van der Waals surface area contributed by atoms with E-state index in [1.165, 1.54) is 14.2 Å². The van der Waals surface area contributed by atoms with Crippen LogP contribution in [-0.4, -0.2) is 37.2 Å². The third-order valence-corrected chi connectivity index (χ3v) is 4.63. The van der Waals surface area contributed by atoms with Crippen LogP contribution < -0.4 is 4.90 Å². The summed E-state index contributed by atoms with van der Waals surface area (Å²) in [5, 5.41) is 0. The monoisotopic (exact) mass is 333 g/mol. The van der Waals surface area contributed by atoms with E-state index in [1.54, 1.807) is 11.0 Å². The highest BCUT2D eigenvalue weighted by Gasteiger charge is 2.60. The Bertz CT molecular complexity index is 637. The molecule has 5 nitrogen and oxygen atoms in total. The molecule has 1 heterocycles. The molecule has 2 rings (SSSR count). The van der Waals surface area contributed by atoms with Gasteiger partial charge in [-0.25, -0.2) is 0 Å².